The minimum atomic E-state index is -0.139. The molecule has 0 fully saturated rings. The van der Waals surface area contributed by atoms with Crippen LogP contribution in [0.4, 0.5) is 0 Å². The van der Waals surface area contributed by atoms with Gasteiger partial charge in [0.25, 0.3) is 0 Å². The lowest BCUT2D eigenvalue weighted by atomic mass is 10.0. The van der Waals surface area contributed by atoms with E-state index in [0.717, 1.165) is 31.8 Å². The van der Waals surface area contributed by atoms with E-state index in [1.54, 1.807) is 6.21 Å². The van der Waals surface area contributed by atoms with Crippen LogP contribution in [0.15, 0.2) is 88.4 Å². The van der Waals surface area contributed by atoms with Crippen molar-refractivity contribution in [2.45, 2.75) is 6.42 Å². The number of amides is 1. The highest BCUT2D eigenvalue weighted by Gasteiger charge is 2.08. The van der Waals surface area contributed by atoms with E-state index in [4.69, 9.17) is 0 Å². The van der Waals surface area contributed by atoms with Gasteiger partial charge in [0.2, 0.25) is 5.91 Å². The molecule has 132 valence electrons. The first-order chi connectivity index (χ1) is 13.2. The van der Waals surface area contributed by atoms with Crippen LogP contribution < -0.4 is 5.43 Å². The van der Waals surface area contributed by atoms with Crippen LogP contribution in [0.1, 0.15) is 11.1 Å². The van der Waals surface area contributed by atoms with Crippen molar-refractivity contribution in [2.24, 2.45) is 5.10 Å². The second-order valence-corrected chi connectivity index (χ2v) is 7.18. The highest BCUT2D eigenvalue weighted by molar-refractivity contribution is 9.10. The van der Waals surface area contributed by atoms with E-state index in [-0.39, 0.29) is 12.3 Å². The van der Waals surface area contributed by atoms with E-state index >= 15 is 0 Å². The predicted octanol–water partition coefficient (Wildman–Crippen LogP) is 5.45. The van der Waals surface area contributed by atoms with E-state index in [1.165, 1.54) is 5.39 Å². The van der Waals surface area contributed by atoms with Gasteiger partial charge in [0.05, 0.1) is 12.6 Å². The Morgan fingerprint density at radius 3 is 2.48 bits per heavy atom. The van der Waals surface area contributed by atoms with Crippen LogP contribution in [0.5, 0.6) is 0 Å². The predicted molar refractivity (Wildman–Crippen MR) is 115 cm³/mol. The number of nitrogens with zero attached hydrogens (tertiary/aromatic N) is 1. The molecule has 0 heterocycles. The van der Waals surface area contributed by atoms with Crippen LogP contribution in [0, 0.1) is 0 Å². The van der Waals surface area contributed by atoms with Crippen molar-refractivity contribution in [3.63, 3.8) is 0 Å². The fraction of sp³-hybridized carbons (Fsp3) is 0.0435. The topological polar surface area (TPSA) is 41.5 Å². The largest absolute Gasteiger partial charge is 0.273 e. The summed E-state index contributed by atoms with van der Waals surface area (Å²) in [6.45, 7) is 0. The molecule has 0 bridgehead atoms. The van der Waals surface area contributed by atoms with Gasteiger partial charge in [-0.15, -0.1) is 0 Å². The maximum atomic E-state index is 12.3. The summed E-state index contributed by atoms with van der Waals surface area (Å²) in [5.41, 5.74) is 4.55. The summed E-state index contributed by atoms with van der Waals surface area (Å²) in [6, 6.07) is 26.2. The highest BCUT2D eigenvalue weighted by Crippen LogP contribution is 2.27. The first-order valence-corrected chi connectivity index (χ1v) is 9.47. The standard InChI is InChI=1S/C23H17BrN2O/c24-22-12-11-19(20-7-3-4-8-21(20)22)14-23(27)26-25-15-16-9-10-17-5-1-2-6-18(17)13-16/h1-13,15H,14H2,(H,26,27). The van der Waals surface area contributed by atoms with Crippen LogP contribution >= 0.6 is 15.9 Å². The van der Waals surface area contributed by atoms with Gasteiger partial charge in [-0.25, -0.2) is 5.43 Å². The summed E-state index contributed by atoms with van der Waals surface area (Å²) >= 11 is 3.56. The molecule has 4 rings (SSSR count). The lowest BCUT2D eigenvalue weighted by molar-refractivity contribution is -0.120. The minimum absolute atomic E-state index is 0.139. The number of rotatable bonds is 4. The van der Waals surface area contributed by atoms with Crippen LogP contribution in [0.25, 0.3) is 21.5 Å². The van der Waals surface area contributed by atoms with Crippen LogP contribution in [-0.4, -0.2) is 12.1 Å². The Hall–Kier alpha value is -2.98. The zero-order chi connectivity index (χ0) is 18.6. The third kappa shape index (κ3) is 3.91. The van der Waals surface area contributed by atoms with E-state index in [1.807, 2.05) is 66.7 Å². The molecule has 0 aromatic heterocycles. The Bertz CT molecular complexity index is 1170. The third-order valence-corrected chi connectivity index (χ3v) is 5.18. The van der Waals surface area contributed by atoms with Crippen LogP contribution in [0.3, 0.4) is 0 Å². The lowest BCUT2D eigenvalue weighted by Crippen LogP contribution is -2.19. The summed E-state index contributed by atoms with van der Waals surface area (Å²) in [7, 11) is 0. The minimum Gasteiger partial charge on any atom is -0.273 e. The van der Waals surface area contributed by atoms with Gasteiger partial charge in [-0.1, -0.05) is 82.7 Å². The Morgan fingerprint density at radius 2 is 1.63 bits per heavy atom. The quantitative estimate of drug-likeness (QED) is 0.348. The number of hydrazone groups is 1. The summed E-state index contributed by atoms with van der Waals surface area (Å²) in [6.07, 6.45) is 1.95. The van der Waals surface area contributed by atoms with Gasteiger partial charge in [-0.2, -0.15) is 5.10 Å². The normalized spacial score (nSPS) is 11.3. The van der Waals surface area contributed by atoms with Crippen LogP contribution in [-0.2, 0) is 11.2 Å². The SMILES string of the molecule is O=C(Cc1ccc(Br)c2ccccc12)NN=Cc1ccc2ccccc2c1. The van der Waals surface area contributed by atoms with Crippen molar-refractivity contribution < 1.29 is 4.79 Å². The molecule has 3 nitrogen and oxygen atoms in total. The highest BCUT2D eigenvalue weighted by atomic mass is 79.9. The lowest BCUT2D eigenvalue weighted by Gasteiger charge is -2.07. The number of hydrogen-bond donors (Lipinski definition) is 1. The number of halogens is 1. The number of carbonyl (C=O) groups is 1. The second kappa shape index (κ2) is 7.72. The number of hydrogen-bond acceptors (Lipinski definition) is 2. The van der Waals surface area contributed by atoms with Gasteiger partial charge in [0, 0.05) is 4.47 Å². The Balaban J connectivity index is 1.46. The van der Waals surface area contributed by atoms with Crippen LogP contribution in [0.2, 0.25) is 0 Å². The smallest absolute Gasteiger partial charge is 0.244 e. The first kappa shape index (κ1) is 17.4. The molecule has 0 saturated heterocycles. The maximum absolute atomic E-state index is 12.3. The molecule has 0 aliphatic rings. The Kier molecular flexibility index (Phi) is 4.99. The summed E-state index contributed by atoms with van der Waals surface area (Å²) in [5.74, 6) is -0.139. The monoisotopic (exact) mass is 416 g/mol. The van der Waals surface area contributed by atoms with Crippen molar-refractivity contribution in [3.05, 3.63) is 94.5 Å². The molecule has 0 saturated carbocycles. The van der Waals surface area contributed by atoms with E-state index in [2.05, 4.69) is 38.6 Å². The molecule has 1 N–H and O–H groups in total. The average molecular weight is 417 g/mol. The Labute approximate surface area is 165 Å². The van der Waals surface area contributed by atoms with Gasteiger partial charge < -0.3 is 0 Å². The molecule has 0 radical (unpaired) electrons. The summed E-state index contributed by atoms with van der Waals surface area (Å²) < 4.78 is 1.02. The van der Waals surface area contributed by atoms with Gasteiger partial charge in [0.15, 0.2) is 0 Å². The van der Waals surface area contributed by atoms with E-state index < -0.39 is 0 Å². The van der Waals surface area contributed by atoms with Crippen molar-refractivity contribution in [3.8, 4) is 0 Å². The van der Waals surface area contributed by atoms with E-state index in [9.17, 15) is 4.79 Å². The van der Waals surface area contributed by atoms with Crippen molar-refractivity contribution >= 4 is 49.6 Å². The molecule has 0 aliphatic carbocycles. The molecule has 4 aromatic carbocycles. The molecule has 4 aromatic rings. The van der Waals surface area contributed by atoms with E-state index in [0.29, 0.717) is 0 Å². The van der Waals surface area contributed by atoms with Crippen molar-refractivity contribution in [1.82, 2.24) is 5.43 Å². The molecule has 0 unspecified atom stereocenters. The molecular formula is C23H17BrN2O. The summed E-state index contributed by atoms with van der Waals surface area (Å²) in [5, 5.41) is 8.61. The number of benzene rings is 4. The molecular weight excluding hydrogens is 400 g/mol. The molecule has 1 amide bonds. The van der Waals surface area contributed by atoms with Gasteiger partial charge >= 0.3 is 0 Å². The third-order valence-electron chi connectivity index (χ3n) is 4.49. The zero-order valence-electron chi connectivity index (χ0n) is 14.5. The zero-order valence-corrected chi connectivity index (χ0v) is 16.1. The molecule has 0 spiro atoms. The molecule has 0 atom stereocenters. The average Bonchev–Trinajstić information content (AvgIpc) is 2.70. The molecule has 4 heteroatoms. The maximum Gasteiger partial charge on any atom is 0.244 e. The first-order valence-electron chi connectivity index (χ1n) is 8.67. The van der Waals surface area contributed by atoms with Crippen molar-refractivity contribution in [1.29, 1.82) is 0 Å². The van der Waals surface area contributed by atoms with Gasteiger partial charge in [-0.3, -0.25) is 4.79 Å². The number of carbonyl (C=O) groups excluding carboxylic acids is 1. The van der Waals surface area contributed by atoms with Crippen molar-refractivity contribution in [2.75, 3.05) is 0 Å². The summed E-state index contributed by atoms with van der Waals surface area (Å²) in [4.78, 5) is 12.3. The van der Waals surface area contributed by atoms with Gasteiger partial charge in [0.1, 0.15) is 0 Å². The fourth-order valence-electron chi connectivity index (χ4n) is 3.16. The number of nitrogens with one attached hydrogen (secondary N) is 1. The molecule has 0 aliphatic heterocycles. The molecule has 27 heavy (non-hydrogen) atoms. The number of fused-ring (bicyclic) bond motifs is 2. The fourth-order valence-corrected chi connectivity index (χ4v) is 3.64. The van der Waals surface area contributed by atoms with Gasteiger partial charge in [-0.05, 0) is 44.8 Å². The second-order valence-electron chi connectivity index (χ2n) is 6.33. The Morgan fingerprint density at radius 1 is 0.889 bits per heavy atom.